The first-order valence-corrected chi connectivity index (χ1v) is 14.4. The first-order chi connectivity index (χ1) is 19.8. The van der Waals surface area contributed by atoms with E-state index in [1.165, 1.54) is 75.4 Å². The largest absolute Gasteiger partial charge is 0.512 e. The molecule has 0 spiro atoms. The van der Waals surface area contributed by atoms with Gasteiger partial charge in [0.25, 0.3) is 0 Å². The maximum absolute atomic E-state index is 10.0. The van der Waals surface area contributed by atoms with E-state index in [1.807, 2.05) is 0 Å². The van der Waals surface area contributed by atoms with E-state index in [2.05, 4.69) is 120 Å². The molecule has 3 nitrogen and oxygen atoms in total. The molecule has 6 rings (SSSR count). The molecule has 0 fully saturated rings. The monoisotopic (exact) mass is 745 g/mol. The Morgan fingerprint density at radius 1 is 0.791 bits per heavy atom. The van der Waals surface area contributed by atoms with Crippen LogP contribution in [0, 0.1) is 33.8 Å². The van der Waals surface area contributed by atoms with Crippen molar-refractivity contribution >= 4 is 16.7 Å². The summed E-state index contributed by atoms with van der Waals surface area (Å²) < 4.78 is 0. The third-order valence-electron chi connectivity index (χ3n) is 8.02. The fourth-order valence-corrected chi connectivity index (χ4v) is 6.23. The number of ketones is 1. The second-order valence-electron chi connectivity index (χ2n) is 12.1. The molecular formula is C39H38IrNO2-. The van der Waals surface area contributed by atoms with E-state index in [0.717, 1.165) is 22.3 Å². The van der Waals surface area contributed by atoms with E-state index in [9.17, 15) is 4.79 Å². The number of carbonyl (C=O) groups excluding carboxylic acids is 1. The van der Waals surface area contributed by atoms with Crippen molar-refractivity contribution in [3.8, 4) is 33.5 Å². The van der Waals surface area contributed by atoms with E-state index in [1.54, 1.807) is 0 Å². The number of aromatic nitrogens is 1. The van der Waals surface area contributed by atoms with E-state index in [4.69, 9.17) is 10.1 Å². The topological polar surface area (TPSA) is 50.2 Å². The molecule has 0 saturated carbocycles. The Bertz CT molecular complexity index is 1870. The van der Waals surface area contributed by atoms with E-state index in [-0.39, 0.29) is 37.1 Å². The Morgan fingerprint density at radius 3 is 2.14 bits per heavy atom. The summed E-state index contributed by atoms with van der Waals surface area (Å²) in [5.41, 5.74) is 15.9. The fourth-order valence-electron chi connectivity index (χ4n) is 6.23. The summed E-state index contributed by atoms with van der Waals surface area (Å²) in [5, 5.41) is 9.57. The molecule has 0 atom stereocenters. The molecule has 1 aliphatic rings. The number of fused-ring (bicyclic) bond motifs is 4. The summed E-state index contributed by atoms with van der Waals surface area (Å²) in [4.78, 5) is 15.3. The van der Waals surface area contributed by atoms with Crippen LogP contribution in [0.3, 0.4) is 0 Å². The Hall–Kier alpha value is -3.85. The minimum Gasteiger partial charge on any atom is -0.512 e. The molecule has 221 valence electrons. The van der Waals surface area contributed by atoms with Crippen molar-refractivity contribution in [2.75, 3.05) is 0 Å². The van der Waals surface area contributed by atoms with Crippen LogP contribution in [-0.4, -0.2) is 15.9 Å². The number of aliphatic hydroxyl groups excluding tert-OH is 1. The van der Waals surface area contributed by atoms with Gasteiger partial charge in [0.2, 0.25) is 0 Å². The molecule has 1 radical (unpaired) electrons. The zero-order chi connectivity index (χ0) is 30.3. The molecule has 1 N–H and O–H groups in total. The predicted octanol–water partition coefficient (Wildman–Crippen LogP) is 9.94. The molecule has 1 aliphatic carbocycles. The number of hydrogen-bond donors (Lipinski definition) is 1. The van der Waals surface area contributed by atoms with Gasteiger partial charge < -0.3 is 5.11 Å². The molecule has 0 saturated heterocycles. The maximum Gasteiger partial charge on any atom is 0.155 e. The van der Waals surface area contributed by atoms with Crippen LogP contribution in [0.1, 0.15) is 61.1 Å². The average Bonchev–Trinajstić information content (AvgIpc) is 3.12. The molecular weight excluding hydrogens is 707 g/mol. The SMILES string of the molecule is CC(=O)/C=C(/C)O.Cc1[c-]c(-c2cc(-c3ccc(C)cc3C)c3cc4c(cc3n2)C(C)(C)c2ccccc2-4)cc(C)c1.[Ir]. The number of nitrogens with zero attached hydrogens (tertiary/aromatic N) is 1. The Kier molecular flexibility index (Phi) is 9.25. The van der Waals surface area contributed by atoms with Crippen molar-refractivity contribution in [1.29, 1.82) is 0 Å². The first kappa shape index (κ1) is 32.1. The van der Waals surface area contributed by atoms with Crippen LogP contribution in [-0.2, 0) is 30.3 Å². The van der Waals surface area contributed by atoms with Crippen molar-refractivity contribution in [3.63, 3.8) is 0 Å². The smallest absolute Gasteiger partial charge is 0.155 e. The average molecular weight is 745 g/mol. The Labute approximate surface area is 269 Å². The van der Waals surface area contributed by atoms with Crippen molar-refractivity contribution in [1.82, 2.24) is 4.98 Å². The van der Waals surface area contributed by atoms with Gasteiger partial charge in [-0.25, -0.2) is 0 Å². The van der Waals surface area contributed by atoms with Crippen LogP contribution in [0.5, 0.6) is 0 Å². The number of benzene rings is 4. The summed E-state index contributed by atoms with van der Waals surface area (Å²) in [7, 11) is 0. The second-order valence-corrected chi connectivity index (χ2v) is 12.1. The Morgan fingerprint density at radius 2 is 1.51 bits per heavy atom. The van der Waals surface area contributed by atoms with Crippen molar-refractivity contribution in [2.24, 2.45) is 0 Å². The van der Waals surface area contributed by atoms with E-state index in [0.29, 0.717) is 0 Å². The van der Waals surface area contributed by atoms with Crippen molar-refractivity contribution < 1.29 is 30.0 Å². The van der Waals surface area contributed by atoms with Gasteiger partial charge in [-0.2, -0.15) is 0 Å². The molecule has 0 aliphatic heterocycles. The van der Waals surface area contributed by atoms with Gasteiger partial charge in [0, 0.05) is 37.0 Å². The summed E-state index contributed by atoms with van der Waals surface area (Å²) >= 11 is 0. The van der Waals surface area contributed by atoms with Gasteiger partial charge in [-0.1, -0.05) is 81.8 Å². The molecule has 4 heteroatoms. The molecule has 0 unspecified atom stereocenters. The van der Waals surface area contributed by atoms with Crippen molar-refractivity contribution in [2.45, 2.75) is 60.8 Å². The van der Waals surface area contributed by atoms with Crippen LogP contribution in [0.4, 0.5) is 0 Å². The molecule has 1 heterocycles. The normalized spacial score (nSPS) is 13.0. The summed E-state index contributed by atoms with van der Waals surface area (Å²) in [6, 6.07) is 30.5. The number of rotatable bonds is 3. The summed E-state index contributed by atoms with van der Waals surface area (Å²) in [6.07, 6.45) is 1.17. The minimum atomic E-state index is -0.125. The quantitative estimate of drug-likeness (QED) is 0.114. The summed E-state index contributed by atoms with van der Waals surface area (Å²) in [6.45, 7) is 16.1. The van der Waals surface area contributed by atoms with Crippen LogP contribution in [0.2, 0.25) is 0 Å². The van der Waals surface area contributed by atoms with E-state index >= 15 is 0 Å². The molecule has 0 amide bonds. The van der Waals surface area contributed by atoms with Crippen LogP contribution >= 0.6 is 0 Å². The van der Waals surface area contributed by atoms with Gasteiger partial charge in [-0.05, 0) is 84.5 Å². The molecule has 43 heavy (non-hydrogen) atoms. The van der Waals surface area contributed by atoms with Gasteiger partial charge in [0.05, 0.1) is 11.3 Å². The van der Waals surface area contributed by atoms with Gasteiger partial charge in [-0.15, -0.1) is 34.9 Å². The number of allylic oxidation sites excluding steroid dienone is 2. The number of carbonyl (C=O) groups is 1. The number of hydrogen-bond acceptors (Lipinski definition) is 3. The molecule has 5 aromatic rings. The molecule has 4 aromatic carbocycles. The number of aliphatic hydroxyl groups is 1. The zero-order valence-corrected chi connectivity index (χ0v) is 28.5. The van der Waals surface area contributed by atoms with Crippen LogP contribution < -0.4 is 0 Å². The maximum atomic E-state index is 10.0. The minimum absolute atomic E-state index is 0. The fraction of sp³-hybridized carbons (Fsp3) is 0.231. The van der Waals surface area contributed by atoms with Crippen molar-refractivity contribution in [3.05, 3.63) is 124 Å². The second kappa shape index (κ2) is 12.4. The van der Waals surface area contributed by atoms with Crippen LogP contribution in [0.25, 0.3) is 44.4 Å². The standard InChI is InChI=1S/C34H30N.C5H8O2.Ir/c1-20-11-12-25(23(4)14-20)27-18-32(24-15-21(2)13-22(3)16-24)35-33-19-31-28(17-29(27)33)26-9-7-8-10-30(26)34(31,5)6;1-4(6)3-5(2)7;/h7-15,17-19H,1-6H3;3,6H,1-2H3;/q-1;;/b;4-3-;. The number of pyridine rings is 1. The zero-order valence-electron chi connectivity index (χ0n) is 26.1. The third kappa shape index (κ3) is 6.42. The van der Waals surface area contributed by atoms with Gasteiger partial charge in [-0.3, -0.25) is 9.78 Å². The van der Waals surface area contributed by atoms with Crippen LogP contribution in [0.15, 0.2) is 84.6 Å². The first-order valence-electron chi connectivity index (χ1n) is 14.4. The molecule has 1 aromatic heterocycles. The number of aryl methyl sites for hydroxylation is 4. The Balaban J connectivity index is 0.000000475. The molecule has 0 bridgehead atoms. The van der Waals surface area contributed by atoms with E-state index < -0.39 is 0 Å². The van der Waals surface area contributed by atoms with Gasteiger partial charge >= 0.3 is 0 Å². The van der Waals surface area contributed by atoms with Gasteiger partial charge in [0.15, 0.2) is 5.78 Å². The third-order valence-corrected chi connectivity index (χ3v) is 8.02. The summed E-state index contributed by atoms with van der Waals surface area (Å²) in [5.74, 6) is -0.0625. The predicted molar refractivity (Wildman–Crippen MR) is 175 cm³/mol. The van der Waals surface area contributed by atoms with Gasteiger partial charge in [0.1, 0.15) is 0 Å².